The number of hydrogen-bond acceptors (Lipinski definition) is 7. The molecule has 4 heterocycles. The molecule has 4 rings (SSSR count). The fourth-order valence-electron chi connectivity index (χ4n) is 3.60. The lowest BCUT2D eigenvalue weighted by atomic mass is 9.84. The van der Waals surface area contributed by atoms with Gasteiger partial charge in [0, 0.05) is 37.9 Å². The van der Waals surface area contributed by atoms with Crippen molar-refractivity contribution in [3.8, 4) is 0 Å². The second-order valence-corrected chi connectivity index (χ2v) is 6.42. The van der Waals surface area contributed by atoms with Crippen molar-refractivity contribution in [2.45, 2.75) is 12.5 Å². The maximum Gasteiger partial charge on any atom is 0.253 e. The van der Waals surface area contributed by atoms with Crippen molar-refractivity contribution in [1.82, 2.24) is 25.5 Å². The summed E-state index contributed by atoms with van der Waals surface area (Å²) in [7, 11) is 0. The monoisotopic (exact) mass is 340 g/mol. The van der Waals surface area contributed by atoms with Crippen LogP contribution < -0.4 is 10.2 Å². The van der Waals surface area contributed by atoms with Gasteiger partial charge in [-0.3, -0.25) is 4.79 Å². The standard InChI is InChI=1S/C17H20N6O2/c24-16(12-2-6-21-22-8-12)20-9-15-14-10-23(7-3-13(14)11-25-15)17-18-4-1-5-19-17/h1-2,4-6,8,13-15H,3,7,9-11H2,(H,20,24)/t13-,14-,15+/m1/s1. The van der Waals surface area contributed by atoms with E-state index in [1.807, 2.05) is 6.07 Å². The molecule has 0 aromatic carbocycles. The largest absolute Gasteiger partial charge is 0.376 e. The number of amides is 1. The van der Waals surface area contributed by atoms with E-state index in [0.29, 0.717) is 23.9 Å². The lowest BCUT2D eigenvalue weighted by Gasteiger charge is -2.36. The van der Waals surface area contributed by atoms with Crippen LogP contribution in [0, 0.1) is 11.8 Å². The van der Waals surface area contributed by atoms with Crippen molar-refractivity contribution in [2.24, 2.45) is 11.8 Å². The Hall–Kier alpha value is -2.61. The van der Waals surface area contributed by atoms with E-state index in [1.165, 1.54) is 12.4 Å². The molecule has 2 aliphatic heterocycles. The summed E-state index contributed by atoms with van der Waals surface area (Å²) < 4.78 is 5.96. The first-order valence-electron chi connectivity index (χ1n) is 8.50. The number of carbonyl (C=O) groups is 1. The molecule has 2 aromatic rings. The summed E-state index contributed by atoms with van der Waals surface area (Å²) in [4.78, 5) is 23.1. The molecule has 2 fully saturated rings. The summed E-state index contributed by atoms with van der Waals surface area (Å²) in [5, 5.41) is 10.4. The van der Waals surface area contributed by atoms with Crippen molar-refractivity contribution >= 4 is 11.9 Å². The number of hydrogen-bond donors (Lipinski definition) is 1. The minimum atomic E-state index is -0.152. The van der Waals surface area contributed by atoms with Gasteiger partial charge in [0.25, 0.3) is 5.91 Å². The van der Waals surface area contributed by atoms with E-state index in [1.54, 1.807) is 18.5 Å². The van der Waals surface area contributed by atoms with Crippen LogP contribution in [-0.2, 0) is 4.74 Å². The molecule has 0 bridgehead atoms. The number of aromatic nitrogens is 4. The first-order chi connectivity index (χ1) is 12.3. The second kappa shape index (κ2) is 7.10. The van der Waals surface area contributed by atoms with E-state index >= 15 is 0 Å². The van der Waals surface area contributed by atoms with E-state index < -0.39 is 0 Å². The topological polar surface area (TPSA) is 93.1 Å². The average molecular weight is 340 g/mol. The molecule has 2 saturated heterocycles. The predicted octanol–water partition coefficient (Wildman–Crippen LogP) is 0.538. The molecule has 0 radical (unpaired) electrons. The van der Waals surface area contributed by atoms with E-state index in [9.17, 15) is 4.79 Å². The van der Waals surface area contributed by atoms with Crippen molar-refractivity contribution in [3.05, 3.63) is 42.5 Å². The minimum absolute atomic E-state index is 0.00950. The summed E-state index contributed by atoms with van der Waals surface area (Å²) in [5.74, 6) is 1.51. The van der Waals surface area contributed by atoms with Gasteiger partial charge in [-0.2, -0.15) is 10.2 Å². The quantitative estimate of drug-likeness (QED) is 0.868. The molecule has 25 heavy (non-hydrogen) atoms. The lowest BCUT2D eigenvalue weighted by Crippen LogP contribution is -2.46. The van der Waals surface area contributed by atoms with Gasteiger partial charge in [-0.05, 0) is 24.5 Å². The first kappa shape index (κ1) is 15.9. The molecule has 0 saturated carbocycles. The van der Waals surface area contributed by atoms with Crippen LogP contribution in [0.15, 0.2) is 36.9 Å². The Morgan fingerprint density at radius 3 is 2.96 bits per heavy atom. The molecule has 1 amide bonds. The van der Waals surface area contributed by atoms with Gasteiger partial charge in [0.1, 0.15) is 0 Å². The second-order valence-electron chi connectivity index (χ2n) is 6.42. The number of carbonyl (C=O) groups excluding carboxylic acids is 1. The summed E-state index contributed by atoms with van der Waals surface area (Å²) in [6, 6.07) is 3.47. The zero-order chi connectivity index (χ0) is 17.1. The maximum atomic E-state index is 12.2. The molecule has 1 N–H and O–H groups in total. The number of fused-ring (bicyclic) bond motifs is 1. The number of anilines is 1. The summed E-state index contributed by atoms with van der Waals surface area (Å²) in [6.45, 7) is 3.04. The van der Waals surface area contributed by atoms with Crippen molar-refractivity contribution < 1.29 is 9.53 Å². The van der Waals surface area contributed by atoms with Gasteiger partial charge in [-0.25, -0.2) is 9.97 Å². The number of ether oxygens (including phenoxy) is 1. The molecule has 0 aliphatic carbocycles. The van der Waals surface area contributed by atoms with Gasteiger partial charge in [-0.1, -0.05) is 0 Å². The van der Waals surface area contributed by atoms with E-state index in [0.717, 1.165) is 32.1 Å². The SMILES string of the molecule is O=C(NC[C@@H]1OC[C@H]2CCN(c3ncccn3)C[C@H]21)c1ccnnc1. The van der Waals surface area contributed by atoms with Gasteiger partial charge in [0.05, 0.1) is 30.7 Å². The van der Waals surface area contributed by atoms with Crippen LogP contribution in [0.5, 0.6) is 0 Å². The number of nitrogens with zero attached hydrogens (tertiary/aromatic N) is 5. The zero-order valence-corrected chi connectivity index (χ0v) is 13.8. The third-order valence-electron chi connectivity index (χ3n) is 4.95. The Labute approximate surface area is 145 Å². The molecule has 3 atom stereocenters. The molecule has 8 heteroatoms. The molecular weight excluding hydrogens is 320 g/mol. The predicted molar refractivity (Wildman–Crippen MR) is 89.9 cm³/mol. The molecule has 0 spiro atoms. The van der Waals surface area contributed by atoms with Crippen LogP contribution in [-0.4, -0.2) is 58.4 Å². The molecule has 2 aliphatic rings. The minimum Gasteiger partial charge on any atom is -0.376 e. The van der Waals surface area contributed by atoms with Gasteiger partial charge in [0.2, 0.25) is 5.95 Å². The van der Waals surface area contributed by atoms with E-state index in [2.05, 4.69) is 30.4 Å². The van der Waals surface area contributed by atoms with Crippen molar-refractivity contribution in [1.29, 1.82) is 0 Å². The van der Waals surface area contributed by atoms with Crippen LogP contribution in [0.2, 0.25) is 0 Å². The Kier molecular flexibility index (Phi) is 4.51. The zero-order valence-electron chi connectivity index (χ0n) is 13.8. The van der Waals surface area contributed by atoms with Crippen LogP contribution in [0.1, 0.15) is 16.8 Å². The van der Waals surface area contributed by atoms with Crippen molar-refractivity contribution in [2.75, 3.05) is 31.1 Å². The van der Waals surface area contributed by atoms with Crippen molar-refractivity contribution in [3.63, 3.8) is 0 Å². The van der Waals surface area contributed by atoms with Gasteiger partial charge in [0.15, 0.2) is 0 Å². The highest BCUT2D eigenvalue weighted by molar-refractivity contribution is 5.93. The highest BCUT2D eigenvalue weighted by atomic mass is 16.5. The smallest absolute Gasteiger partial charge is 0.253 e. The number of piperidine rings is 1. The van der Waals surface area contributed by atoms with E-state index in [-0.39, 0.29) is 12.0 Å². The third kappa shape index (κ3) is 3.43. The highest BCUT2D eigenvalue weighted by Crippen LogP contribution is 2.34. The molecule has 130 valence electrons. The normalized spacial score (nSPS) is 25.4. The Balaban J connectivity index is 1.37. The Morgan fingerprint density at radius 1 is 1.28 bits per heavy atom. The highest BCUT2D eigenvalue weighted by Gasteiger charge is 2.41. The van der Waals surface area contributed by atoms with E-state index in [4.69, 9.17) is 4.74 Å². The maximum absolute atomic E-state index is 12.2. The van der Waals surface area contributed by atoms with Gasteiger partial charge < -0.3 is 15.0 Å². The number of rotatable bonds is 4. The lowest BCUT2D eigenvalue weighted by molar-refractivity contribution is 0.0782. The fourth-order valence-corrected chi connectivity index (χ4v) is 3.60. The third-order valence-corrected chi connectivity index (χ3v) is 4.95. The molecule has 2 aromatic heterocycles. The van der Waals surface area contributed by atoms with Crippen LogP contribution in [0.25, 0.3) is 0 Å². The number of nitrogens with one attached hydrogen (secondary N) is 1. The van der Waals surface area contributed by atoms with Crippen LogP contribution in [0.4, 0.5) is 5.95 Å². The van der Waals surface area contributed by atoms with Crippen LogP contribution in [0.3, 0.4) is 0 Å². The summed E-state index contributed by atoms with van der Waals surface area (Å²) >= 11 is 0. The fraction of sp³-hybridized carbons (Fsp3) is 0.471. The molecular formula is C17H20N6O2. The Bertz CT molecular complexity index is 714. The molecule has 0 unspecified atom stereocenters. The van der Waals surface area contributed by atoms with Gasteiger partial charge >= 0.3 is 0 Å². The summed E-state index contributed by atoms with van der Waals surface area (Å²) in [5.41, 5.74) is 0.507. The molecule has 8 nitrogen and oxygen atoms in total. The average Bonchev–Trinajstić information content (AvgIpc) is 3.10. The first-order valence-corrected chi connectivity index (χ1v) is 8.50. The summed E-state index contributed by atoms with van der Waals surface area (Å²) in [6.07, 6.45) is 7.57. The van der Waals surface area contributed by atoms with Gasteiger partial charge in [-0.15, -0.1) is 0 Å². The Morgan fingerprint density at radius 2 is 2.16 bits per heavy atom. The van der Waals surface area contributed by atoms with Crippen LogP contribution >= 0.6 is 0 Å².